The number of nitriles is 1. The van der Waals surface area contributed by atoms with Crippen LogP contribution in [0.2, 0.25) is 0 Å². The number of Topliss-reactive ketones (excluding diaryl/α,β-unsaturated/α-hetero) is 1. The van der Waals surface area contributed by atoms with Gasteiger partial charge in [-0.25, -0.2) is 0 Å². The van der Waals surface area contributed by atoms with Crippen molar-refractivity contribution in [1.29, 1.82) is 5.26 Å². The van der Waals surface area contributed by atoms with Crippen molar-refractivity contribution in [2.24, 2.45) is 5.41 Å². The Kier molecular flexibility index (Phi) is 6.45. The van der Waals surface area contributed by atoms with E-state index in [2.05, 4.69) is 4.74 Å². The van der Waals surface area contributed by atoms with E-state index in [1.807, 2.05) is 6.07 Å². The minimum absolute atomic E-state index is 0.319. The molecule has 0 aromatic heterocycles. The summed E-state index contributed by atoms with van der Waals surface area (Å²) in [7, 11) is 2.26. The van der Waals surface area contributed by atoms with E-state index in [1.165, 1.54) is 0 Å². The summed E-state index contributed by atoms with van der Waals surface area (Å²) in [6, 6.07) is 18.6. The minimum atomic E-state index is -2.06. The molecule has 0 aliphatic heterocycles. The van der Waals surface area contributed by atoms with Crippen LogP contribution in [-0.4, -0.2) is 31.9 Å². The van der Waals surface area contributed by atoms with Gasteiger partial charge in [-0.2, -0.15) is 5.26 Å². The molecule has 0 saturated heterocycles. The van der Waals surface area contributed by atoms with Gasteiger partial charge in [0.25, 0.3) is 0 Å². The summed E-state index contributed by atoms with van der Waals surface area (Å²) >= 11 is 0. The third kappa shape index (κ3) is 4.04. The normalized spacial score (nSPS) is 13.5. The van der Waals surface area contributed by atoms with Crippen LogP contribution in [-0.2, 0) is 19.1 Å². The first-order valence-electron chi connectivity index (χ1n) is 8.21. The van der Waals surface area contributed by atoms with Crippen LogP contribution >= 0.6 is 0 Å². The molecule has 0 aliphatic rings. The van der Waals surface area contributed by atoms with Gasteiger partial charge in [0.15, 0.2) is 11.2 Å². The van der Waals surface area contributed by atoms with Crippen molar-refractivity contribution in [2.45, 2.75) is 12.3 Å². The maximum Gasteiger partial charge on any atom is 0.327 e. The summed E-state index contributed by atoms with van der Waals surface area (Å²) in [6.45, 7) is 0. The SMILES string of the molecule is COC(=O)CC(C#N)(C(=O)OC)C(C(=O)c1ccccc1)c1ccccc1. The van der Waals surface area contributed by atoms with E-state index in [9.17, 15) is 19.6 Å². The van der Waals surface area contributed by atoms with Crippen molar-refractivity contribution in [3.05, 3.63) is 71.8 Å². The lowest BCUT2D eigenvalue weighted by molar-refractivity contribution is -0.156. The number of benzene rings is 2. The third-order valence-electron chi connectivity index (χ3n) is 4.35. The highest BCUT2D eigenvalue weighted by Gasteiger charge is 2.53. The molecule has 0 amide bonds. The number of hydrogen-bond donors (Lipinski definition) is 0. The zero-order valence-electron chi connectivity index (χ0n) is 15.0. The fourth-order valence-corrected chi connectivity index (χ4v) is 3.00. The summed E-state index contributed by atoms with van der Waals surface area (Å²) < 4.78 is 9.48. The second-order valence-corrected chi connectivity index (χ2v) is 5.90. The molecule has 0 saturated carbocycles. The molecule has 0 fully saturated rings. The van der Waals surface area contributed by atoms with Gasteiger partial charge in [0, 0.05) is 5.56 Å². The molecule has 0 aliphatic carbocycles. The van der Waals surface area contributed by atoms with E-state index in [-0.39, 0.29) is 0 Å². The maximum absolute atomic E-state index is 13.3. The number of carbonyl (C=O) groups is 3. The molecule has 0 bridgehead atoms. The monoisotopic (exact) mass is 365 g/mol. The number of hydrogen-bond acceptors (Lipinski definition) is 6. The highest BCUT2D eigenvalue weighted by molar-refractivity contribution is 6.06. The molecule has 0 heterocycles. The van der Waals surface area contributed by atoms with Gasteiger partial charge < -0.3 is 9.47 Å². The summed E-state index contributed by atoms with van der Waals surface area (Å²) in [6.07, 6.45) is -0.606. The van der Waals surface area contributed by atoms with E-state index in [1.54, 1.807) is 60.7 Å². The lowest BCUT2D eigenvalue weighted by Gasteiger charge is -2.31. The lowest BCUT2D eigenvalue weighted by Crippen LogP contribution is -2.43. The topological polar surface area (TPSA) is 93.5 Å². The summed E-state index contributed by atoms with van der Waals surface area (Å²) in [5, 5.41) is 9.94. The van der Waals surface area contributed by atoms with E-state index in [0.717, 1.165) is 14.2 Å². The van der Waals surface area contributed by atoms with Crippen LogP contribution in [0.1, 0.15) is 28.3 Å². The van der Waals surface area contributed by atoms with Crippen LogP contribution in [0.4, 0.5) is 0 Å². The molecule has 2 atom stereocenters. The van der Waals surface area contributed by atoms with Crippen LogP contribution < -0.4 is 0 Å². The average Bonchev–Trinajstić information content (AvgIpc) is 2.73. The molecule has 0 N–H and O–H groups in total. The Morgan fingerprint density at radius 3 is 2.00 bits per heavy atom. The zero-order valence-corrected chi connectivity index (χ0v) is 15.0. The van der Waals surface area contributed by atoms with Crippen LogP contribution in [0.25, 0.3) is 0 Å². The molecule has 2 rings (SSSR count). The van der Waals surface area contributed by atoms with Crippen LogP contribution in [0.5, 0.6) is 0 Å². The fourth-order valence-electron chi connectivity index (χ4n) is 3.00. The maximum atomic E-state index is 13.3. The smallest absolute Gasteiger partial charge is 0.327 e. The van der Waals surface area contributed by atoms with Crippen LogP contribution in [0.3, 0.4) is 0 Å². The summed E-state index contributed by atoms with van der Waals surface area (Å²) in [4.78, 5) is 38.0. The van der Waals surface area contributed by atoms with Crippen molar-refractivity contribution in [2.75, 3.05) is 14.2 Å². The number of nitrogens with zero attached hydrogens (tertiary/aromatic N) is 1. The molecular formula is C21H19NO5. The van der Waals surface area contributed by atoms with Gasteiger partial charge in [-0.15, -0.1) is 0 Å². The highest BCUT2D eigenvalue weighted by atomic mass is 16.5. The Labute approximate surface area is 157 Å². The number of ketones is 1. The average molecular weight is 365 g/mol. The Morgan fingerprint density at radius 1 is 0.963 bits per heavy atom. The first-order valence-corrected chi connectivity index (χ1v) is 8.21. The number of ether oxygens (including phenoxy) is 2. The van der Waals surface area contributed by atoms with Crippen molar-refractivity contribution >= 4 is 17.7 Å². The Hall–Kier alpha value is -3.46. The van der Waals surface area contributed by atoms with Crippen LogP contribution in [0, 0.1) is 16.7 Å². The van der Waals surface area contributed by atoms with Crippen molar-refractivity contribution in [1.82, 2.24) is 0 Å². The molecule has 138 valence electrons. The predicted octanol–water partition coefficient (Wildman–Crippen LogP) is 2.90. The van der Waals surface area contributed by atoms with E-state index >= 15 is 0 Å². The molecule has 0 spiro atoms. The highest BCUT2D eigenvalue weighted by Crippen LogP contribution is 2.42. The molecule has 2 aromatic rings. The number of rotatable bonds is 7. The van der Waals surface area contributed by atoms with Crippen molar-refractivity contribution in [3.63, 3.8) is 0 Å². The molecule has 2 aromatic carbocycles. The second kappa shape index (κ2) is 8.77. The lowest BCUT2D eigenvalue weighted by atomic mass is 9.67. The summed E-state index contributed by atoms with van der Waals surface area (Å²) in [5.74, 6) is -3.45. The Bertz CT molecular complexity index is 857. The Morgan fingerprint density at radius 2 is 1.52 bits per heavy atom. The largest absolute Gasteiger partial charge is 0.469 e. The minimum Gasteiger partial charge on any atom is -0.469 e. The number of carbonyl (C=O) groups excluding carboxylic acids is 3. The van der Waals surface area contributed by atoms with Crippen molar-refractivity contribution in [3.8, 4) is 6.07 Å². The molecular weight excluding hydrogens is 346 g/mol. The quantitative estimate of drug-likeness (QED) is 0.553. The van der Waals surface area contributed by atoms with Gasteiger partial charge in [0.2, 0.25) is 0 Å². The molecule has 27 heavy (non-hydrogen) atoms. The Balaban J connectivity index is 2.71. The van der Waals surface area contributed by atoms with Gasteiger partial charge in [-0.1, -0.05) is 60.7 Å². The van der Waals surface area contributed by atoms with Gasteiger partial charge in [-0.05, 0) is 5.56 Å². The van der Waals surface area contributed by atoms with Gasteiger partial charge in [-0.3, -0.25) is 14.4 Å². The zero-order chi connectivity index (χ0) is 19.9. The van der Waals surface area contributed by atoms with Gasteiger partial charge >= 0.3 is 11.9 Å². The number of esters is 2. The fraction of sp³-hybridized carbons (Fsp3) is 0.238. The molecule has 6 nitrogen and oxygen atoms in total. The van der Waals surface area contributed by atoms with Crippen molar-refractivity contribution < 1.29 is 23.9 Å². The van der Waals surface area contributed by atoms with Crippen LogP contribution in [0.15, 0.2) is 60.7 Å². The standard InChI is InChI=1S/C21H19NO5/c1-26-17(23)13-21(14-22,20(25)27-2)18(15-9-5-3-6-10-15)19(24)16-11-7-4-8-12-16/h3-12,18H,13H2,1-2H3. The molecule has 6 heteroatoms. The first-order chi connectivity index (χ1) is 13.0. The second-order valence-electron chi connectivity index (χ2n) is 5.90. The molecule has 2 unspecified atom stereocenters. The van der Waals surface area contributed by atoms with Gasteiger partial charge in [0.1, 0.15) is 0 Å². The predicted molar refractivity (Wildman–Crippen MR) is 96.7 cm³/mol. The van der Waals surface area contributed by atoms with E-state index < -0.39 is 35.5 Å². The first kappa shape index (κ1) is 19.9. The van der Waals surface area contributed by atoms with Gasteiger partial charge in [0.05, 0.1) is 32.6 Å². The molecule has 0 radical (unpaired) electrons. The third-order valence-corrected chi connectivity index (χ3v) is 4.35. The summed E-state index contributed by atoms with van der Waals surface area (Å²) in [5.41, 5.74) is -1.31. The van der Waals surface area contributed by atoms with E-state index in [0.29, 0.717) is 11.1 Å². The number of methoxy groups -OCH3 is 2. The van der Waals surface area contributed by atoms with E-state index in [4.69, 9.17) is 4.74 Å².